The molecule has 0 unspecified atom stereocenters. The number of thiophene rings is 2. The lowest BCUT2D eigenvalue weighted by Gasteiger charge is -2.07. The van der Waals surface area contributed by atoms with Crippen LogP contribution in [0.3, 0.4) is 0 Å². The highest BCUT2D eigenvalue weighted by atomic mass is 79.9. The SMILES string of the molecule is NN=C(c1ccccc1)c1ccccc1.[C-]#[N+]c1sc(-c2ncc(C)s2)cc1Br.[C-]#[N+]c1sc(-c2ncc(C)s2)cc1CN=C(c1ccccc1)c1ccccc1. The number of hydrazone groups is 1. The highest BCUT2D eigenvalue weighted by molar-refractivity contribution is 9.10. The molecule has 4 heterocycles. The van der Waals surface area contributed by atoms with E-state index >= 15 is 0 Å². The zero-order valence-corrected chi connectivity index (χ0v) is 35.7. The maximum Gasteiger partial charge on any atom is 0.255 e. The summed E-state index contributed by atoms with van der Waals surface area (Å²) in [4.78, 5) is 25.2. The van der Waals surface area contributed by atoms with Gasteiger partial charge in [-0.3, -0.25) is 4.99 Å². The summed E-state index contributed by atoms with van der Waals surface area (Å²) < 4.78 is 0.861. The van der Waals surface area contributed by atoms with Gasteiger partial charge in [0.2, 0.25) is 5.00 Å². The molecule has 0 saturated heterocycles. The van der Waals surface area contributed by atoms with Crippen molar-refractivity contribution < 1.29 is 0 Å². The molecule has 0 amide bonds. The molecular weight excluding hydrogens is 847 g/mol. The van der Waals surface area contributed by atoms with E-state index in [0.717, 1.165) is 63.5 Å². The standard InChI is InChI=1S/C23H17N3S2.C13H12N2.C9H5BrN2S2/c1-16-14-26-23(27-16)20-13-19(22(24-2)28-20)15-25-21(17-9-5-3-6-10-17)18-11-7-4-8-12-18;14-15-13(11-7-3-1-4-8-11)12-9-5-2-6-10-12;1-5-4-12-9(13-5)7-3-6(10)8(11-2)14-7/h3-14H,15H2,1H3;1-10H,14H2;3-4H,1H3. The summed E-state index contributed by atoms with van der Waals surface area (Å²) in [6.07, 6.45) is 3.73. The van der Waals surface area contributed by atoms with Crippen LogP contribution in [0.2, 0.25) is 0 Å². The van der Waals surface area contributed by atoms with E-state index in [1.54, 1.807) is 22.7 Å². The Morgan fingerprint density at radius 2 is 1.00 bits per heavy atom. The van der Waals surface area contributed by atoms with Gasteiger partial charge in [0, 0.05) is 48.9 Å². The van der Waals surface area contributed by atoms with Crippen molar-refractivity contribution in [1.29, 1.82) is 0 Å². The molecule has 0 saturated carbocycles. The number of nitrogens with two attached hydrogens (primary N) is 1. The van der Waals surface area contributed by atoms with Crippen molar-refractivity contribution >= 4 is 82.7 Å². The number of halogens is 1. The Bertz CT molecular complexity index is 2580. The molecule has 4 aromatic carbocycles. The van der Waals surface area contributed by atoms with Crippen molar-refractivity contribution in [3.63, 3.8) is 0 Å². The first kappa shape index (κ1) is 40.8. The van der Waals surface area contributed by atoms with Gasteiger partial charge in [-0.15, -0.1) is 34.0 Å². The van der Waals surface area contributed by atoms with Gasteiger partial charge in [-0.2, -0.15) is 16.4 Å². The Morgan fingerprint density at radius 1 is 0.596 bits per heavy atom. The van der Waals surface area contributed by atoms with Crippen LogP contribution in [0.4, 0.5) is 10.0 Å². The van der Waals surface area contributed by atoms with Crippen molar-refractivity contribution in [3.05, 3.63) is 211 Å². The van der Waals surface area contributed by atoms with Crippen LogP contribution in [0.25, 0.3) is 29.5 Å². The van der Waals surface area contributed by atoms with Gasteiger partial charge in [0.05, 0.1) is 40.9 Å². The first-order valence-corrected chi connectivity index (χ1v) is 21.5. The highest BCUT2D eigenvalue weighted by Gasteiger charge is 2.14. The van der Waals surface area contributed by atoms with Gasteiger partial charge in [0.25, 0.3) is 5.00 Å². The second-order valence-electron chi connectivity index (χ2n) is 12.1. The lowest BCUT2D eigenvalue weighted by Crippen LogP contribution is -2.05. The molecule has 0 bridgehead atoms. The Kier molecular flexibility index (Phi) is 14.6. The Hall–Kier alpha value is -5.86. The normalized spacial score (nSPS) is 10.1. The second kappa shape index (κ2) is 20.3. The molecule has 8 rings (SSSR count). The van der Waals surface area contributed by atoms with Gasteiger partial charge >= 0.3 is 0 Å². The molecule has 0 aliphatic carbocycles. The average molecular weight is 881 g/mol. The Labute approximate surface area is 357 Å². The summed E-state index contributed by atoms with van der Waals surface area (Å²) in [5, 5.41) is 7.18. The zero-order chi connectivity index (χ0) is 40.0. The maximum atomic E-state index is 7.55. The number of benzene rings is 4. The lowest BCUT2D eigenvalue weighted by molar-refractivity contribution is 1.08. The molecular formula is C45H34BrN7S4. The van der Waals surface area contributed by atoms with Crippen LogP contribution in [0, 0.1) is 27.0 Å². The number of aliphatic imine (C=N–C) groups is 1. The third-order valence-electron chi connectivity index (χ3n) is 8.05. The molecule has 7 nitrogen and oxygen atoms in total. The van der Waals surface area contributed by atoms with Crippen molar-refractivity contribution in [2.45, 2.75) is 20.4 Å². The van der Waals surface area contributed by atoms with Crippen molar-refractivity contribution in [3.8, 4) is 19.8 Å². The van der Waals surface area contributed by atoms with Crippen LogP contribution < -0.4 is 5.84 Å². The molecule has 0 aliphatic rings. The van der Waals surface area contributed by atoms with E-state index in [4.69, 9.17) is 24.0 Å². The highest BCUT2D eigenvalue weighted by Crippen LogP contribution is 2.42. The van der Waals surface area contributed by atoms with Gasteiger partial charge in [-0.25, -0.2) is 19.7 Å². The predicted molar refractivity (Wildman–Crippen MR) is 245 cm³/mol. The molecule has 0 atom stereocenters. The first-order valence-electron chi connectivity index (χ1n) is 17.4. The third-order valence-corrected chi connectivity index (χ3v) is 13.2. The second-order valence-corrected chi connectivity index (χ2v) is 17.5. The molecule has 0 fully saturated rings. The zero-order valence-electron chi connectivity index (χ0n) is 30.8. The Morgan fingerprint density at radius 3 is 1.37 bits per heavy atom. The fourth-order valence-electron chi connectivity index (χ4n) is 5.42. The molecule has 57 heavy (non-hydrogen) atoms. The first-order chi connectivity index (χ1) is 27.9. The number of rotatable bonds is 8. The van der Waals surface area contributed by atoms with E-state index in [0.29, 0.717) is 16.5 Å². The number of aromatic nitrogens is 2. The van der Waals surface area contributed by atoms with Gasteiger partial charge in [0.1, 0.15) is 10.0 Å². The fourth-order valence-corrected chi connectivity index (χ4v) is 9.56. The van der Waals surface area contributed by atoms with E-state index in [1.807, 2.05) is 129 Å². The van der Waals surface area contributed by atoms with Gasteiger partial charge < -0.3 is 5.84 Å². The molecule has 0 spiro atoms. The molecule has 8 aromatic rings. The molecule has 280 valence electrons. The summed E-state index contributed by atoms with van der Waals surface area (Å²) in [6.45, 7) is 19.0. The molecule has 0 radical (unpaired) electrons. The van der Waals surface area contributed by atoms with Crippen LogP contribution in [-0.4, -0.2) is 21.4 Å². The fraction of sp³-hybridized carbons (Fsp3) is 0.0667. The van der Waals surface area contributed by atoms with E-state index in [1.165, 1.54) is 32.4 Å². The van der Waals surface area contributed by atoms with E-state index in [9.17, 15) is 0 Å². The van der Waals surface area contributed by atoms with Crippen molar-refractivity contribution in [2.24, 2.45) is 15.9 Å². The number of hydrogen-bond acceptors (Lipinski definition) is 9. The van der Waals surface area contributed by atoms with Crippen LogP contribution in [-0.2, 0) is 6.54 Å². The molecule has 4 aromatic heterocycles. The molecule has 2 N–H and O–H groups in total. The average Bonchev–Trinajstić information content (AvgIpc) is 4.07. The minimum absolute atomic E-state index is 0.470. The quantitative estimate of drug-likeness (QED) is 0.0714. The minimum atomic E-state index is 0.470. The monoisotopic (exact) mass is 879 g/mol. The number of nitrogens with zero attached hydrogens (tertiary/aromatic N) is 6. The maximum absolute atomic E-state index is 7.55. The van der Waals surface area contributed by atoms with Crippen LogP contribution in [0.1, 0.15) is 37.6 Å². The van der Waals surface area contributed by atoms with Crippen LogP contribution in [0.5, 0.6) is 0 Å². The van der Waals surface area contributed by atoms with Crippen LogP contribution in [0.15, 0.2) is 160 Å². The van der Waals surface area contributed by atoms with Gasteiger partial charge in [0.15, 0.2) is 0 Å². The van der Waals surface area contributed by atoms with Gasteiger partial charge in [-0.1, -0.05) is 137 Å². The third kappa shape index (κ3) is 10.9. The molecule has 12 heteroatoms. The lowest BCUT2D eigenvalue weighted by atomic mass is 10.0. The molecule has 0 aliphatic heterocycles. The van der Waals surface area contributed by atoms with Crippen molar-refractivity contribution in [2.75, 3.05) is 0 Å². The Balaban J connectivity index is 0.000000159. The summed E-state index contributed by atoms with van der Waals surface area (Å²) in [7, 11) is 0. The number of aryl methyl sites for hydroxylation is 2. The summed E-state index contributed by atoms with van der Waals surface area (Å²) in [5.74, 6) is 5.42. The van der Waals surface area contributed by atoms with E-state index in [-0.39, 0.29) is 0 Å². The predicted octanol–water partition coefficient (Wildman–Crippen LogP) is 13.7. The smallest absolute Gasteiger partial charge is 0.255 e. The topological polar surface area (TPSA) is 85.2 Å². The number of thiazole rings is 2. The van der Waals surface area contributed by atoms with E-state index in [2.05, 4.69) is 71.0 Å². The largest absolute Gasteiger partial charge is 0.323 e. The van der Waals surface area contributed by atoms with Gasteiger partial charge in [-0.05, 0) is 31.5 Å². The van der Waals surface area contributed by atoms with Crippen LogP contribution >= 0.6 is 61.3 Å². The summed E-state index contributed by atoms with van der Waals surface area (Å²) in [6, 6.07) is 44.2. The van der Waals surface area contributed by atoms with Crippen molar-refractivity contribution in [1.82, 2.24) is 9.97 Å². The summed E-state index contributed by atoms with van der Waals surface area (Å²) >= 11 is 9.62. The number of hydrogen-bond donors (Lipinski definition) is 1. The minimum Gasteiger partial charge on any atom is -0.323 e. The van der Waals surface area contributed by atoms with E-state index < -0.39 is 0 Å². The summed E-state index contributed by atoms with van der Waals surface area (Å²) in [5.41, 5.74) is 6.92.